The first kappa shape index (κ1) is 26.9. The standard InChI is InChI=1S/C28H36N2O7/c1-27(2,3)10-6-7-13-8-9-14-11-15-12-16-20(30(4)5)23(33)19(26(29)36)25(35)28(16,37)24(34)18(15)22(32)17(14)21(13)31/h8-9,15-16,20,31-32,35,37H,6-7,10-12H2,1-5H3,(H2,29,36)/t15-,16-,20+,28-/m0/s1. The number of fused-ring (bicyclic) bond motifs is 3. The molecule has 0 radical (unpaired) electrons. The second-order valence-electron chi connectivity index (χ2n) is 12.0. The highest BCUT2D eigenvalue weighted by molar-refractivity contribution is 6.24. The first-order valence-corrected chi connectivity index (χ1v) is 12.6. The summed E-state index contributed by atoms with van der Waals surface area (Å²) in [6.07, 6.45) is 2.72. The number of likely N-dealkylation sites (N-methyl/N-ethyl adjacent to an activating group) is 1. The highest BCUT2D eigenvalue weighted by Crippen LogP contribution is 2.52. The average Bonchev–Trinajstić information content (AvgIpc) is 2.76. The summed E-state index contributed by atoms with van der Waals surface area (Å²) in [7, 11) is 3.15. The van der Waals surface area contributed by atoms with E-state index in [1.807, 2.05) is 12.1 Å². The van der Waals surface area contributed by atoms with Gasteiger partial charge in [0.2, 0.25) is 5.78 Å². The van der Waals surface area contributed by atoms with Crippen LogP contribution in [0.2, 0.25) is 0 Å². The maximum Gasteiger partial charge on any atom is 0.255 e. The zero-order valence-electron chi connectivity index (χ0n) is 22.0. The molecule has 0 heterocycles. The number of hydrogen-bond acceptors (Lipinski definition) is 8. The number of amides is 1. The fourth-order valence-corrected chi connectivity index (χ4v) is 6.27. The average molecular weight is 513 g/mol. The van der Waals surface area contributed by atoms with Crippen molar-refractivity contribution in [1.82, 2.24) is 4.90 Å². The van der Waals surface area contributed by atoms with E-state index in [4.69, 9.17) is 5.73 Å². The highest BCUT2D eigenvalue weighted by atomic mass is 16.3. The van der Waals surface area contributed by atoms with Gasteiger partial charge in [0.15, 0.2) is 11.4 Å². The van der Waals surface area contributed by atoms with E-state index in [9.17, 15) is 34.8 Å². The Kier molecular flexibility index (Phi) is 6.53. The Morgan fingerprint density at radius 3 is 2.38 bits per heavy atom. The summed E-state index contributed by atoms with van der Waals surface area (Å²) < 4.78 is 0. The molecule has 4 atom stereocenters. The molecule has 0 saturated heterocycles. The predicted molar refractivity (Wildman–Crippen MR) is 137 cm³/mol. The van der Waals surface area contributed by atoms with Crippen LogP contribution in [0.4, 0.5) is 0 Å². The Morgan fingerprint density at radius 1 is 1.16 bits per heavy atom. The zero-order valence-corrected chi connectivity index (χ0v) is 22.0. The fourth-order valence-electron chi connectivity index (χ4n) is 6.27. The summed E-state index contributed by atoms with van der Waals surface area (Å²) >= 11 is 0. The number of aromatic hydroxyl groups is 1. The molecule has 4 rings (SSSR count). The largest absolute Gasteiger partial charge is 0.508 e. The van der Waals surface area contributed by atoms with Crippen molar-refractivity contribution in [2.45, 2.75) is 64.5 Å². The van der Waals surface area contributed by atoms with E-state index in [1.165, 1.54) is 4.90 Å². The number of hydrogen-bond donors (Lipinski definition) is 5. The van der Waals surface area contributed by atoms with Crippen molar-refractivity contribution < 1.29 is 34.8 Å². The van der Waals surface area contributed by atoms with Crippen molar-refractivity contribution in [2.24, 2.45) is 23.0 Å². The normalized spacial score (nSPS) is 27.8. The highest BCUT2D eigenvalue weighted by Gasteiger charge is 2.64. The second-order valence-corrected chi connectivity index (χ2v) is 12.0. The van der Waals surface area contributed by atoms with Gasteiger partial charge in [-0.15, -0.1) is 0 Å². The van der Waals surface area contributed by atoms with E-state index in [0.717, 1.165) is 12.8 Å². The molecule has 0 aliphatic heterocycles. The Hall–Kier alpha value is -3.17. The molecule has 1 saturated carbocycles. The number of carbonyl (C=O) groups excluding carboxylic acids is 3. The van der Waals surface area contributed by atoms with Gasteiger partial charge in [-0.2, -0.15) is 0 Å². The van der Waals surface area contributed by atoms with Crippen molar-refractivity contribution in [3.63, 3.8) is 0 Å². The van der Waals surface area contributed by atoms with Crippen LogP contribution in [0.15, 0.2) is 29.0 Å². The summed E-state index contributed by atoms with van der Waals surface area (Å²) in [5.41, 5.74) is 3.36. The van der Waals surface area contributed by atoms with Gasteiger partial charge in [0.05, 0.1) is 11.6 Å². The van der Waals surface area contributed by atoms with Crippen LogP contribution < -0.4 is 5.73 Å². The van der Waals surface area contributed by atoms with Crippen molar-refractivity contribution in [3.8, 4) is 5.75 Å². The molecule has 0 spiro atoms. The Labute approximate surface area is 216 Å². The quantitative estimate of drug-likeness (QED) is 0.376. The first-order valence-electron chi connectivity index (χ1n) is 12.6. The molecular formula is C28H36N2O7. The minimum Gasteiger partial charge on any atom is -0.508 e. The molecular weight excluding hydrogens is 476 g/mol. The van der Waals surface area contributed by atoms with Gasteiger partial charge in [-0.05, 0) is 68.7 Å². The number of aliphatic hydroxyl groups excluding tert-OH is 2. The minimum atomic E-state index is -2.62. The van der Waals surface area contributed by atoms with Gasteiger partial charge in [-0.3, -0.25) is 19.3 Å². The summed E-state index contributed by atoms with van der Waals surface area (Å²) in [5.74, 6) is -6.28. The molecule has 9 nitrogen and oxygen atoms in total. The number of phenolic OH excluding ortho intramolecular Hbond substituents is 1. The molecule has 0 bridgehead atoms. The molecule has 1 aromatic rings. The van der Waals surface area contributed by atoms with Crippen molar-refractivity contribution in [1.29, 1.82) is 0 Å². The third-order valence-electron chi connectivity index (χ3n) is 8.05. The molecule has 9 heteroatoms. The summed E-state index contributed by atoms with van der Waals surface area (Å²) in [6, 6.07) is 2.57. The molecule has 0 aromatic heterocycles. The minimum absolute atomic E-state index is 0.0832. The van der Waals surface area contributed by atoms with Crippen molar-refractivity contribution in [2.75, 3.05) is 14.1 Å². The summed E-state index contributed by atoms with van der Waals surface area (Å²) in [4.78, 5) is 40.5. The Bertz CT molecular complexity index is 1250. The molecule has 0 unspecified atom stereocenters. The number of carbonyl (C=O) groups is 3. The van der Waals surface area contributed by atoms with Gasteiger partial charge in [-0.1, -0.05) is 32.9 Å². The number of primary amides is 1. The molecule has 1 amide bonds. The van der Waals surface area contributed by atoms with Crippen LogP contribution in [0.25, 0.3) is 5.76 Å². The number of aliphatic hydroxyl groups is 3. The fraction of sp³-hybridized carbons (Fsp3) is 0.536. The number of nitrogens with zero attached hydrogens (tertiary/aromatic N) is 1. The number of nitrogens with two attached hydrogens (primary N) is 1. The van der Waals surface area contributed by atoms with Crippen LogP contribution in [0.1, 0.15) is 56.7 Å². The summed E-state index contributed by atoms with van der Waals surface area (Å²) in [6.45, 7) is 6.40. The van der Waals surface area contributed by atoms with Crippen molar-refractivity contribution >= 4 is 23.2 Å². The monoisotopic (exact) mass is 512 g/mol. The first-order chi connectivity index (χ1) is 17.1. The SMILES string of the molecule is CN(C)[C@H]1C(=O)C(C(N)=O)=C(O)[C@@]2(O)C(=O)C3=C(O)c4c(ccc(CCCC(C)(C)C)c4O)C[C@H]3C[C@@H]12. The zero-order chi connectivity index (χ0) is 27.6. The number of benzene rings is 1. The Morgan fingerprint density at radius 2 is 1.81 bits per heavy atom. The Balaban J connectivity index is 1.83. The molecule has 3 aliphatic rings. The number of rotatable bonds is 5. The van der Waals surface area contributed by atoms with Crippen LogP contribution in [-0.2, 0) is 27.2 Å². The lowest BCUT2D eigenvalue weighted by Gasteiger charge is -2.50. The molecule has 200 valence electrons. The van der Waals surface area contributed by atoms with E-state index in [0.29, 0.717) is 24.0 Å². The van der Waals surface area contributed by atoms with Gasteiger partial charge in [0, 0.05) is 11.5 Å². The third kappa shape index (κ3) is 4.14. The maximum absolute atomic E-state index is 13.8. The van der Waals surface area contributed by atoms with E-state index in [2.05, 4.69) is 20.8 Å². The van der Waals surface area contributed by atoms with E-state index in [-0.39, 0.29) is 28.7 Å². The van der Waals surface area contributed by atoms with E-state index < -0.39 is 58.0 Å². The lowest BCUT2D eigenvalue weighted by Crippen LogP contribution is -2.65. The number of ketones is 2. The molecule has 6 N–H and O–H groups in total. The van der Waals surface area contributed by atoms with Gasteiger partial charge >= 0.3 is 0 Å². The van der Waals surface area contributed by atoms with E-state index >= 15 is 0 Å². The number of Topliss-reactive ketones (excluding diaryl/α,β-unsaturated/α-hetero) is 2. The molecule has 37 heavy (non-hydrogen) atoms. The van der Waals surface area contributed by atoms with Crippen molar-refractivity contribution in [3.05, 3.63) is 45.7 Å². The lowest BCUT2D eigenvalue weighted by molar-refractivity contribution is -0.153. The van der Waals surface area contributed by atoms with Gasteiger partial charge in [-0.25, -0.2) is 0 Å². The van der Waals surface area contributed by atoms with Gasteiger partial charge in [0.1, 0.15) is 22.8 Å². The third-order valence-corrected chi connectivity index (χ3v) is 8.05. The molecule has 1 aromatic carbocycles. The smallest absolute Gasteiger partial charge is 0.255 e. The van der Waals surface area contributed by atoms with Crippen LogP contribution in [0, 0.1) is 17.3 Å². The van der Waals surface area contributed by atoms with Gasteiger partial charge in [0.25, 0.3) is 5.91 Å². The predicted octanol–water partition coefficient (Wildman–Crippen LogP) is 2.33. The van der Waals surface area contributed by atoms with Gasteiger partial charge < -0.3 is 26.2 Å². The molecule has 3 aliphatic carbocycles. The summed E-state index contributed by atoms with van der Waals surface area (Å²) in [5, 5.41) is 44.9. The number of phenols is 1. The lowest BCUT2D eigenvalue weighted by atomic mass is 9.57. The second kappa shape index (κ2) is 8.99. The molecule has 1 fully saturated rings. The van der Waals surface area contributed by atoms with Crippen LogP contribution in [0.5, 0.6) is 5.75 Å². The maximum atomic E-state index is 13.8. The van der Waals surface area contributed by atoms with Crippen LogP contribution in [0.3, 0.4) is 0 Å². The topological polar surface area (TPSA) is 161 Å². The van der Waals surface area contributed by atoms with Crippen LogP contribution >= 0.6 is 0 Å². The van der Waals surface area contributed by atoms with E-state index in [1.54, 1.807) is 14.1 Å². The number of aryl methyl sites for hydroxylation is 1. The van der Waals surface area contributed by atoms with Crippen LogP contribution in [-0.4, -0.2) is 68.5 Å².